The summed E-state index contributed by atoms with van der Waals surface area (Å²) in [5.74, 6) is -0.876. The van der Waals surface area contributed by atoms with Crippen molar-refractivity contribution in [2.45, 2.75) is 103 Å². The molecule has 0 radical (unpaired) electrons. The first-order valence-corrected chi connectivity index (χ1v) is 18.4. The molecule has 3 aromatic carbocycles. The van der Waals surface area contributed by atoms with Gasteiger partial charge in [0.15, 0.2) is 0 Å². The number of benzene rings is 3. The van der Waals surface area contributed by atoms with Gasteiger partial charge in [0.1, 0.15) is 35.3 Å². The number of aliphatic carboxylic acids is 1. The van der Waals surface area contributed by atoms with Gasteiger partial charge >= 0.3 is 24.1 Å². The number of amides is 2. The van der Waals surface area contributed by atoms with E-state index < -0.39 is 41.4 Å². The fourth-order valence-electron chi connectivity index (χ4n) is 6.23. The minimum atomic E-state index is -1.07. The lowest BCUT2D eigenvalue weighted by Crippen LogP contribution is -2.47. The van der Waals surface area contributed by atoms with E-state index in [9.17, 15) is 19.2 Å². The highest BCUT2D eigenvalue weighted by molar-refractivity contribution is 5.82. The molecule has 0 heterocycles. The van der Waals surface area contributed by atoms with Crippen LogP contribution in [0.25, 0.3) is 11.1 Å². The van der Waals surface area contributed by atoms with Gasteiger partial charge in [0, 0.05) is 30.5 Å². The maximum Gasteiger partial charge on any atom is 0.410 e. The van der Waals surface area contributed by atoms with Gasteiger partial charge in [-0.25, -0.2) is 14.4 Å². The zero-order chi connectivity index (χ0) is 39.5. The van der Waals surface area contributed by atoms with Gasteiger partial charge in [-0.15, -0.1) is 0 Å². The summed E-state index contributed by atoms with van der Waals surface area (Å²) in [7, 11) is 1.52. The van der Waals surface area contributed by atoms with Crippen LogP contribution in [0.4, 0.5) is 9.59 Å². The maximum absolute atomic E-state index is 14.4. The van der Waals surface area contributed by atoms with E-state index in [1.54, 1.807) is 59.7 Å². The van der Waals surface area contributed by atoms with Crippen LogP contribution in [0.15, 0.2) is 66.7 Å². The van der Waals surface area contributed by atoms with Gasteiger partial charge < -0.3 is 34.1 Å². The number of carbonyl (C=O) groups excluding carboxylic acids is 3. The SMILES string of the molecule is COc1ccc(CN(C(=O)OCC2c3ccccc3-c3ccccc32)C(CCCCNC(=O)OC(C)(C)C)C(=O)OC(C)(C)C)c(OCCCC(=O)O)c1. The molecule has 0 aromatic heterocycles. The monoisotopic (exact) mass is 746 g/mol. The summed E-state index contributed by atoms with van der Waals surface area (Å²) in [5, 5.41) is 11.9. The number of carbonyl (C=O) groups is 4. The van der Waals surface area contributed by atoms with Crippen molar-refractivity contribution in [3.05, 3.63) is 83.4 Å². The Kier molecular flexibility index (Phi) is 14.3. The van der Waals surface area contributed by atoms with Crippen LogP contribution in [0, 0.1) is 0 Å². The molecule has 292 valence electrons. The largest absolute Gasteiger partial charge is 0.497 e. The first-order chi connectivity index (χ1) is 25.6. The summed E-state index contributed by atoms with van der Waals surface area (Å²) in [6.45, 7) is 11.0. The number of fused-ring (bicyclic) bond motifs is 3. The van der Waals surface area contributed by atoms with Gasteiger partial charge in [-0.2, -0.15) is 0 Å². The third-order valence-corrected chi connectivity index (χ3v) is 8.61. The van der Waals surface area contributed by atoms with E-state index in [-0.39, 0.29) is 44.9 Å². The van der Waals surface area contributed by atoms with Gasteiger partial charge in [0.25, 0.3) is 0 Å². The summed E-state index contributed by atoms with van der Waals surface area (Å²) >= 11 is 0. The molecule has 3 aromatic rings. The Labute approximate surface area is 318 Å². The number of alkyl carbamates (subject to hydrolysis) is 1. The molecule has 2 N–H and O–H groups in total. The fourth-order valence-corrected chi connectivity index (χ4v) is 6.23. The average molecular weight is 747 g/mol. The predicted octanol–water partition coefficient (Wildman–Crippen LogP) is 8.10. The van der Waals surface area contributed by atoms with Gasteiger partial charge in [-0.1, -0.05) is 48.5 Å². The summed E-state index contributed by atoms with van der Waals surface area (Å²) in [4.78, 5) is 53.2. The molecule has 1 aliphatic carbocycles. The lowest BCUT2D eigenvalue weighted by atomic mass is 9.98. The summed E-state index contributed by atoms with van der Waals surface area (Å²) < 4.78 is 28.8. The fraction of sp³-hybridized carbons (Fsp3) is 0.476. The number of methoxy groups -OCH3 is 1. The van der Waals surface area contributed by atoms with Crippen LogP contribution in [0.2, 0.25) is 0 Å². The van der Waals surface area contributed by atoms with E-state index in [0.29, 0.717) is 36.4 Å². The second kappa shape index (κ2) is 18.7. The Hall–Kier alpha value is -5.26. The van der Waals surface area contributed by atoms with E-state index in [0.717, 1.165) is 22.3 Å². The van der Waals surface area contributed by atoms with Crippen molar-refractivity contribution >= 4 is 24.1 Å². The standard InChI is InChI=1S/C42H54N2O10/c1-41(2,3)53-38(47)35(19-12-13-23-43-39(48)54-42(4,5)6)44(26-28-21-22-29(50-7)25-36(28)51-24-14-20-37(45)46)40(49)52-27-34-32-17-10-8-15-30(32)31-16-9-11-18-33(31)34/h8-11,15-18,21-22,25,34-35H,12-14,19-20,23-24,26-27H2,1-7H3,(H,43,48)(H,45,46). The van der Waals surface area contributed by atoms with E-state index >= 15 is 0 Å². The molecular formula is C42H54N2O10. The smallest absolute Gasteiger partial charge is 0.410 e. The van der Waals surface area contributed by atoms with Gasteiger partial charge in [-0.05, 0) is 102 Å². The van der Waals surface area contributed by atoms with E-state index in [1.165, 1.54) is 12.0 Å². The lowest BCUT2D eigenvalue weighted by Gasteiger charge is -2.33. The number of rotatable bonds is 17. The number of esters is 1. The molecule has 0 spiro atoms. The predicted molar refractivity (Wildman–Crippen MR) is 204 cm³/mol. The Balaban J connectivity index is 1.63. The van der Waals surface area contributed by atoms with E-state index in [2.05, 4.69) is 17.4 Å². The number of hydrogen-bond donors (Lipinski definition) is 2. The molecule has 0 aliphatic heterocycles. The van der Waals surface area contributed by atoms with Crippen molar-refractivity contribution in [2.24, 2.45) is 0 Å². The van der Waals surface area contributed by atoms with Crippen LogP contribution < -0.4 is 14.8 Å². The highest BCUT2D eigenvalue weighted by Gasteiger charge is 2.36. The lowest BCUT2D eigenvalue weighted by molar-refractivity contribution is -0.161. The number of carboxylic acids is 1. The minimum Gasteiger partial charge on any atom is -0.497 e. The van der Waals surface area contributed by atoms with Crippen molar-refractivity contribution in [1.29, 1.82) is 0 Å². The molecule has 0 bridgehead atoms. The zero-order valence-corrected chi connectivity index (χ0v) is 32.4. The summed E-state index contributed by atoms with van der Waals surface area (Å²) in [6, 6.07) is 20.1. The summed E-state index contributed by atoms with van der Waals surface area (Å²) in [5.41, 5.74) is 3.33. The minimum absolute atomic E-state index is 0.0331. The quantitative estimate of drug-likeness (QED) is 0.0788. The van der Waals surface area contributed by atoms with Crippen LogP contribution in [0.1, 0.15) is 96.3 Å². The molecular weight excluding hydrogens is 692 g/mol. The molecule has 0 saturated carbocycles. The normalized spacial score (nSPS) is 12.9. The summed E-state index contributed by atoms with van der Waals surface area (Å²) in [6.07, 6.45) is 0.0920. The molecule has 0 saturated heterocycles. The molecule has 2 amide bonds. The van der Waals surface area contributed by atoms with Gasteiger partial charge in [0.2, 0.25) is 0 Å². The van der Waals surface area contributed by atoms with Crippen molar-refractivity contribution in [3.8, 4) is 22.6 Å². The first kappa shape index (κ1) is 41.5. The van der Waals surface area contributed by atoms with E-state index in [1.807, 2.05) is 36.4 Å². The van der Waals surface area contributed by atoms with Crippen LogP contribution in [0.5, 0.6) is 11.5 Å². The maximum atomic E-state index is 14.4. The second-order valence-electron chi connectivity index (χ2n) is 15.2. The highest BCUT2D eigenvalue weighted by Crippen LogP contribution is 2.44. The topological polar surface area (TPSA) is 150 Å². The molecule has 1 unspecified atom stereocenters. The zero-order valence-electron chi connectivity index (χ0n) is 32.4. The Morgan fingerprint density at radius 1 is 0.833 bits per heavy atom. The molecule has 4 rings (SSSR count). The Morgan fingerprint density at radius 3 is 2.06 bits per heavy atom. The van der Waals surface area contributed by atoms with Crippen molar-refractivity contribution in [1.82, 2.24) is 10.2 Å². The Morgan fingerprint density at radius 2 is 1.46 bits per heavy atom. The molecule has 0 fully saturated rings. The van der Waals surface area contributed by atoms with Crippen molar-refractivity contribution in [3.63, 3.8) is 0 Å². The van der Waals surface area contributed by atoms with Crippen molar-refractivity contribution < 1.29 is 48.0 Å². The number of hydrogen-bond acceptors (Lipinski definition) is 9. The second-order valence-corrected chi connectivity index (χ2v) is 15.2. The van der Waals surface area contributed by atoms with Crippen LogP contribution in [-0.2, 0) is 30.3 Å². The highest BCUT2D eigenvalue weighted by atomic mass is 16.6. The van der Waals surface area contributed by atoms with Gasteiger partial charge in [0.05, 0.1) is 20.3 Å². The number of nitrogens with zero attached hydrogens (tertiary/aromatic N) is 1. The molecule has 1 atom stereocenters. The molecule has 54 heavy (non-hydrogen) atoms. The first-order valence-electron chi connectivity index (χ1n) is 18.4. The van der Waals surface area contributed by atoms with Crippen LogP contribution in [0.3, 0.4) is 0 Å². The molecule has 1 aliphatic rings. The molecule has 12 heteroatoms. The number of ether oxygens (including phenoxy) is 5. The van der Waals surface area contributed by atoms with E-state index in [4.69, 9.17) is 28.8 Å². The third-order valence-electron chi connectivity index (χ3n) is 8.61. The molecule has 12 nitrogen and oxygen atoms in total. The number of carboxylic acid groups (broad SMARTS) is 1. The average Bonchev–Trinajstić information content (AvgIpc) is 3.42. The van der Waals surface area contributed by atoms with Gasteiger partial charge in [-0.3, -0.25) is 9.69 Å². The third kappa shape index (κ3) is 12.1. The number of nitrogens with one attached hydrogen (secondary N) is 1. The number of unbranched alkanes of at least 4 members (excludes halogenated alkanes) is 1. The van der Waals surface area contributed by atoms with Crippen molar-refractivity contribution in [2.75, 3.05) is 26.9 Å². The van der Waals surface area contributed by atoms with Crippen LogP contribution >= 0.6 is 0 Å². The van der Waals surface area contributed by atoms with Crippen LogP contribution in [-0.4, -0.2) is 78.2 Å². The Bertz CT molecular complexity index is 1710.